The van der Waals surface area contributed by atoms with Crippen LogP contribution in [0.3, 0.4) is 0 Å². The molecular formula is C4H9I2V-. The van der Waals surface area contributed by atoms with Gasteiger partial charge in [0.05, 0.1) is 0 Å². The monoisotopic (exact) mass is 362 g/mol. The van der Waals surface area contributed by atoms with Crippen LogP contribution in [-0.2, 0) is 9.47 Å². The van der Waals surface area contributed by atoms with Crippen molar-refractivity contribution in [2.75, 3.05) is 0 Å². The van der Waals surface area contributed by atoms with Gasteiger partial charge in [0.1, 0.15) is 0 Å². The first kappa shape index (κ1) is 11.8. The van der Waals surface area contributed by atoms with E-state index in [1.54, 1.807) is 0 Å². The van der Waals surface area contributed by atoms with E-state index in [1.165, 1.54) is 6.42 Å². The number of halogens is 2. The molecule has 0 bridgehead atoms. The first-order valence-corrected chi connectivity index (χ1v) is 11.1. The van der Waals surface area contributed by atoms with Crippen LogP contribution < -0.4 is 0 Å². The SMILES string of the molecule is [CH2-]CCC.[I][V][I]. The molecular weight excluding hydrogens is 353 g/mol. The summed E-state index contributed by atoms with van der Waals surface area (Å²) in [5, 5.41) is 0. The Labute approximate surface area is 75.0 Å². The summed E-state index contributed by atoms with van der Waals surface area (Å²) in [4.78, 5) is 0. The molecule has 0 nitrogen and oxygen atoms in total. The van der Waals surface area contributed by atoms with Gasteiger partial charge in [0.2, 0.25) is 0 Å². The Morgan fingerprint density at radius 3 is 1.71 bits per heavy atom. The van der Waals surface area contributed by atoms with Crippen LogP contribution in [-0.4, -0.2) is 0 Å². The molecule has 0 atom stereocenters. The predicted molar refractivity (Wildman–Crippen MR) is 48.3 cm³/mol. The third kappa shape index (κ3) is 31.7. The number of unbranched alkanes of at least 4 members (excludes halogenated alkanes) is 1. The average molecular weight is 362 g/mol. The van der Waals surface area contributed by atoms with Crippen LogP contribution in [0.2, 0.25) is 0 Å². The van der Waals surface area contributed by atoms with Crippen molar-refractivity contribution in [3.05, 3.63) is 6.92 Å². The van der Waals surface area contributed by atoms with Crippen molar-refractivity contribution in [3.8, 4) is 0 Å². The summed E-state index contributed by atoms with van der Waals surface area (Å²) in [5.74, 6) is 0. The van der Waals surface area contributed by atoms with E-state index < -0.39 is 0 Å². The van der Waals surface area contributed by atoms with Crippen molar-refractivity contribution in [1.82, 2.24) is 0 Å². The Bertz CT molecular complexity index is 17.2. The standard InChI is InChI=1S/C4H9.2HI.V/c1-3-4-2;;;/h1,3-4H2,2H3;2*1H;/q-1;;;+2/p-2. The van der Waals surface area contributed by atoms with E-state index in [-0.39, 0.29) is 0 Å². The zero-order chi connectivity index (χ0) is 6.12. The molecule has 0 saturated heterocycles. The molecule has 3 heteroatoms. The maximum atomic E-state index is 3.60. The second-order valence-corrected chi connectivity index (χ2v) is 12.7. The van der Waals surface area contributed by atoms with Crippen molar-refractivity contribution in [1.29, 1.82) is 0 Å². The third-order valence-electron chi connectivity index (χ3n) is 0.354. The molecule has 7 heavy (non-hydrogen) atoms. The molecule has 0 aliphatic heterocycles. The summed E-state index contributed by atoms with van der Waals surface area (Å²) in [5.41, 5.74) is 0. The second kappa shape index (κ2) is 15.7. The van der Waals surface area contributed by atoms with Gasteiger partial charge in [0.25, 0.3) is 0 Å². The van der Waals surface area contributed by atoms with Crippen molar-refractivity contribution < 1.29 is 9.47 Å². The molecule has 0 heterocycles. The van der Waals surface area contributed by atoms with E-state index in [1.807, 2.05) is 0 Å². The van der Waals surface area contributed by atoms with Gasteiger partial charge in [0.15, 0.2) is 0 Å². The van der Waals surface area contributed by atoms with Crippen LogP contribution in [0.1, 0.15) is 19.8 Å². The zero-order valence-electron chi connectivity index (χ0n) is 4.32. The molecule has 0 aromatic heterocycles. The van der Waals surface area contributed by atoms with Crippen molar-refractivity contribution >= 4 is 40.0 Å². The molecule has 0 fully saturated rings. The Balaban J connectivity index is 0. The minimum absolute atomic E-state index is 0.628. The first-order valence-electron chi connectivity index (χ1n) is 2.05. The molecule has 0 amide bonds. The predicted octanol–water partition coefficient (Wildman–Crippen LogP) is 3.39. The normalized spacial score (nSPS) is 6.29. The van der Waals surface area contributed by atoms with Crippen LogP contribution in [0.25, 0.3) is 0 Å². The van der Waals surface area contributed by atoms with Gasteiger partial charge < -0.3 is 6.92 Å². The van der Waals surface area contributed by atoms with E-state index in [2.05, 4.69) is 53.8 Å². The summed E-state index contributed by atoms with van der Waals surface area (Å²) in [7, 11) is 0.628. The van der Waals surface area contributed by atoms with Gasteiger partial charge in [-0.2, -0.15) is 6.42 Å². The fourth-order valence-corrected chi connectivity index (χ4v) is 0. The summed E-state index contributed by atoms with van der Waals surface area (Å²) < 4.78 is 0. The molecule has 0 aliphatic rings. The van der Waals surface area contributed by atoms with Gasteiger partial charge in [-0.15, -0.1) is 0 Å². The van der Waals surface area contributed by atoms with Crippen molar-refractivity contribution in [3.63, 3.8) is 0 Å². The molecule has 0 radical (unpaired) electrons. The Hall–Kier alpha value is 2.04. The molecule has 0 rings (SSSR count). The van der Waals surface area contributed by atoms with Crippen molar-refractivity contribution in [2.45, 2.75) is 19.8 Å². The second-order valence-electron chi connectivity index (χ2n) is 0.917. The molecule has 0 saturated carbocycles. The van der Waals surface area contributed by atoms with Crippen LogP contribution in [0.4, 0.5) is 0 Å². The van der Waals surface area contributed by atoms with Crippen LogP contribution in [0.15, 0.2) is 0 Å². The molecule has 0 unspecified atom stereocenters. The molecule has 0 aromatic rings. The van der Waals surface area contributed by atoms with E-state index in [4.69, 9.17) is 0 Å². The van der Waals surface area contributed by atoms with E-state index >= 15 is 0 Å². The van der Waals surface area contributed by atoms with Gasteiger partial charge in [0, 0.05) is 0 Å². The third-order valence-corrected chi connectivity index (χ3v) is 0.354. The topological polar surface area (TPSA) is 0 Å². The van der Waals surface area contributed by atoms with Crippen LogP contribution >= 0.6 is 40.0 Å². The van der Waals surface area contributed by atoms with Gasteiger partial charge >= 0.3 is 49.4 Å². The number of hydrogen-bond donors (Lipinski definition) is 0. The van der Waals surface area contributed by atoms with Gasteiger partial charge in [-0.1, -0.05) is 13.3 Å². The Morgan fingerprint density at radius 1 is 1.57 bits per heavy atom. The average Bonchev–Trinajstić information content (AvgIpc) is 1.69. The first-order chi connectivity index (χ1) is 3.33. The Kier molecular flexibility index (Phi) is 26.4. The van der Waals surface area contributed by atoms with Crippen molar-refractivity contribution in [2.24, 2.45) is 0 Å². The summed E-state index contributed by atoms with van der Waals surface area (Å²) in [6.45, 7) is 5.72. The fourth-order valence-electron chi connectivity index (χ4n) is 0. The molecule has 0 N–H and O–H groups in total. The Morgan fingerprint density at radius 2 is 1.71 bits per heavy atom. The zero-order valence-corrected chi connectivity index (χ0v) is 10.0. The van der Waals surface area contributed by atoms with Crippen LogP contribution in [0, 0.1) is 6.92 Å². The molecule has 0 aliphatic carbocycles. The molecule has 45 valence electrons. The number of rotatable bonds is 1. The summed E-state index contributed by atoms with van der Waals surface area (Å²) >= 11 is 4.74. The quantitative estimate of drug-likeness (QED) is 0.496. The fraction of sp³-hybridized carbons (Fsp3) is 0.750. The van der Waals surface area contributed by atoms with E-state index in [0.29, 0.717) is 9.47 Å². The number of hydrogen-bond acceptors (Lipinski definition) is 0. The van der Waals surface area contributed by atoms with Gasteiger partial charge in [-0.3, -0.25) is 0 Å². The molecule has 0 aromatic carbocycles. The summed E-state index contributed by atoms with van der Waals surface area (Å²) in [6, 6.07) is 0. The molecule has 0 spiro atoms. The van der Waals surface area contributed by atoms with E-state index in [9.17, 15) is 0 Å². The summed E-state index contributed by atoms with van der Waals surface area (Å²) in [6.07, 6.45) is 2.28. The van der Waals surface area contributed by atoms with Crippen LogP contribution in [0.5, 0.6) is 0 Å². The van der Waals surface area contributed by atoms with E-state index in [0.717, 1.165) is 6.42 Å². The minimum atomic E-state index is 0.628. The van der Waals surface area contributed by atoms with Gasteiger partial charge in [-0.25, -0.2) is 0 Å². The van der Waals surface area contributed by atoms with Gasteiger partial charge in [-0.05, 0) is 0 Å². The maximum absolute atomic E-state index is 3.60.